The molecule has 0 atom stereocenters. The smallest absolute Gasteiger partial charge is 0.226 e. The van der Waals surface area contributed by atoms with Gasteiger partial charge in [0.25, 0.3) is 0 Å². The minimum Gasteiger partial charge on any atom is -0.357 e. The van der Waals surface area contributed by atoms with Gasteiger partial charge in [0.2, 0.25) is 5.91 Å². The number of hydrogen-bond donors (Lipinski definition) is 3. The van der Waals surface area contributed by atoms with Crippen LogP contribution in [0.15, 0.2) is 23.2 Å². The lowest BCUT2D eigenvalue weighted by Crippen LogP contribution is -2.39. The van der Waals surface area contributed by atoms with Crippen molar-refractivity contribution >= 4 is 64.9 Å². The second-order valence-electron chi connectivity index (χ2n) is 6.30. The van der Waals surface area contributed by atoms with Crippen molar-refractivity contribution in [3.8, 4) is 0 Å². The van der Waals surface area contributed by atoms with E-state index in [2.05, 4.69) is 41.0 Å². The van der Waals surface area contributed by atoms with Crippen LogP contribution < -0.4 is 16.0 Å². The number of carbonyl (C=O) groups excluding carboxylic acids is 1. The molecule has 3 N–H and O–H groups in total. The Bertz CT molecular complexity index is 611. The third kappa shape index (κ3) is 9.32. The van der Waals surface area contributed by atoms with Gasteiger partial charge < -0.3 is 16.0 Å². The first-order valence-electron chi connectivity index (χ1n) is 8.41. The van der Waals surface area contributed by atoms with Gasteiger partial charge in [-0.15, -0.1) is 24.0 Å². The highest BCUT2D eigenvalue weighted by Crippen LogP contribution is 2.23. The number of thioether (sulfide) groups is 1. The summed E-state index contributed by atoms with van der Waals surface area (Å²) in [6.07, 6.45) is 2.43. The van der Waals surface area contributed by atoms with E-state index in [0.717, 1.165) is 23.8 Å². The maximum Gasteiger partial charge on any atom is 0.226 e. The van der Waals surface area contributed by atoms with Gasteiger partial charge in [0.05, 0.1) is 6.54 Å². The number of hydrogen-bond acceptors (Lipinski definition) is 3. The summed E-state index contributed by atoms with van der Waals surface area (Å²) in [6, 6.07) is 5.48. The van der Waals surface area contributed by atoms with E-state index in [-0.39, 0.29) is 34.6 Å². The first-order chi connectivity index (χ1) is 11.8. The quantitative estimate of drug-likeness (QED) is 0.276. The highest BCUT2D eigenvalue weighted by atomic mass is 127. The average Bonchev–Trinajstić information content (AvgIpc) is 2.57. The van der Waals surface area contributed by atoms with Gasteiger partial charge >= 0.3 is 0 Å². The van der Waals surface area contributed by atoms with E-state index in [1.807, 2.05) is 32.0 Å². The Morgan fingerprint density at radius 1 is 1.31 bits per heavy atom. The lowest BCUT2D eigenvalue weighted by Gasteiger charge is -2.20. The molecule has 0 unspecified atom stereocenters. The zero-order chi connectivity index (χ0) is 18.9. The summed E-state index contributed by atoms with van der Waals surface area (Å²) in [5, 5.41) is 9.94. The normalized spacial score (nSPS) is 11.5. The van der Waals surface area contributed by atoms with E-state index in [1.54, 1.807) is 11.8 Å². The van der Waals surface area contributed by atoms with Crippen molar-refractivity contribution in [3.63, 3.8) is 0 Å². The van der Waals surface area contributed by atoms with Crippen LogP contribution in [0.2, 0.25) is 5.02 Å². The SMILES string of the molecule is CCNC(=NCC(C)(C)SC)NCCC(=O)Nc1cccc(Cl)c1C.I. The Labute approximate surface area is 183 Å². The van der Waals surface area contributed by atoms with Gasteiger partial charge in [0.1, 0.15) is 0 Å². The van der Waals surface area contributed by atoms with Crippen LogP contribution in [-0.2, 0) is 4.79 Å². The Morgan fingerprint density at radius 2 is 2.00 bits per heavy atom. The van der Waals surface area contributed by atoms with Gasteiger partial charge in [-0.25, -0.2) is 0 Å². The lowest BCUT2D eigenvalue weighted by atomic mass is 10.2. The van der Waals surface area contributed by atoms with Crippen molar-refractivity contribution in [2.45, 2.75) is 38.9 Å². The molecule has 0 saturated heterocycles. The molecule has 1 aromatic carbocycles. The van der Waals surface area contributed by atoms with E-state index in [9.17, 15) is 4.79 Å². The van der Waals surface area contributed by atoms with Crippen LogP contribution in [0.4, 0.5) is 5.69 Å². The Kier molecular flexibility index (Phi) is 12.3. The van der Waals surface area contributed by atoms with Crippen molar-refractivity contribution in [2.75, 3.05) is 31.2 Å². The molecule has 0 aliphatic rings. The molecular weight excluding hydrogens is 483 g/mol. The number of carbonyl (C=O) groups is 1. The van der Waals surface area contributed by atoms with Gasteiger partial charge in [-0.1, -0.05) is 17.7 Å². The number of nitrogens with zero attached hydrogens (tertiary/aromatic N) is 1. The van der Waals surface area contributed by atoms with Gasteiger partial charge in [-0.05, 0) is 51.6 Å². The fourth-order valence-corrected chi connectivity index (χ4v) is 2.29. The molecule has 1 aromatic rings. The molecule has 1 amide bonds. The minimum absolute atomic E-state index is 0. The predicted molar refractivity (Wildman–Crippen MR) is 126 cm³/mol. The van der Waals surface area contributed by atoms with E-state index < -0.39 is 0 Å². The monoisotopic (exact) mass is 512 g/mol. The molecule has 0 radical (unpaired) electrons. The van der Waals surface area contributed by atoms with Crippen LogP contribution in [0.1, 0.15) is 32.8 Å². The third-order valence-corrected chi connectivity index (χ3v) is 5.34. The topological polar surface area (TPSA) is 65.5 Å². The molecule has 0 bridgehead atoms. The molecule has 148 valence electrons. The van der Waals surface area contributed by atoms with Crippen LogP contribution in [0.5, 0.6) is 0 Å². The van der Waals surface area contributed by atoms with Crippen LogP contribution in [0.3, 0.4) is 0 Å². The summed E-state index contributed by atoms with van der Waals surface area (Å²) < 4.78 is 0.0871. The predicted octanol–water partition coefficient (Wildman–Crippen LogP) is 4.29. The molecule has 0 aliphatic carbocycles. The van der Waals surface area contributed by atoms with Crippen molar-refractivity contribution < 1.29 is 4.79 Å². The number of aliphatic imine (C=N–C) groups is 1. The Hall–Kier alpha value is -0.670. The molecule has 26 heavy (non-hydrogen) atoms. The van der Waals surface area contributed by atoms with Crippen LogP contribution in [0, 0.1) is 6.92 Å². The number of rotatable bonds is 8. The summed E-state index contributed by atoms with van der Waals surface area (Å²) in [5.41, 5.74) is 1.62. The molecule has 0 aromatic heterocycles. The molecule has 5 nitrogen and oxygen atoms in total. The first-order valence-corrected chi connectivity index (χ1v) is 10.0. The lowest BCUT2D eigenvalue weighted by molar-refractivity contribution is -0.116. The van der Waals surface area contributed by atoms with E-state index in [0.29, 0.717) is 24.5 Å². The van der Waals surface area contributed by atoms with E-state index >= 15 is 0 Å². The maximum atomic E-state index is 12.1. The number of guanidine groups is 1. The van der Waals surface area contributed by atoms with Gasteiger partial charge in [0, 0.05) is 35.0 Å². The third-order valence-electron chi connectivity index (χ3n) is 3.70. The summed E-state index contributed by atoms with van der Waals surface area (Å²) in [5.74, 6) is 0.675. The highest BCUT2D eigenvalue weighted by molar-refractivity contribution is 14.0. The second kappa shape index (κ2) is 12.7. The Balaban J connectivity index is 0.00000625. The standard InChI is InChI=1S/C18H29ClN4OS.HI/c1-6-20-17(22-12-18(3,4)25-5)21-11-10-16(24)23-15-9-7-8-14(19)13(15)2;/h7-9H,6,10-12H2,1-5H3,(H,23,24)(H2,20,21,22);1H. The molecule has 8 heteroatoms. The van der Waals surface area contributed by atoms with Gasteiger partial charge in [0.15, 0.2) is 5.96 Å². The molecule has 0 saturated carbocycles. The number of anilines is 1. The highest BCUT2D eigenvalue weighted by Gasteiger charge is 2.15. The summed E-state index contributed by atoms with van der Waals surface area (Å²) in [4.78, 5) is 16.7. The zero-order valence-corrected chi connectivity index (χ0v) is 20.0. The van der Waals surface area contributed by atoms with Crippen LogP contribution >= 0.6 is 47.3 Å². The van der Waals surface area contributed by atoms with Crippen LogP contribution in [0.25, 0.3) is 0 Å². The molecule has 1 rings (SSSR count). The molecular formula is C18H30ClIN4OS. The van der Waals surface area contributed by atoms with Gasteiger partial charge in [-0.2, -0.15) is 11.8 Å². The van der Waals surface area contributed by atoms with Crippen molar-refractivity contribution in [2.24, 2.45) is 4.99 Å². The Morgan fingerprint density at radius 3 is 2.62 bits per heavy atom. The zero-order valence-electron chi connectivity index (χ0n) is 16.1. The average molecular weight is 513 g/mol. The summed E-state index contributed by atoms with van der Waals surface area (Å²) >= 11 is 7.85. The summed E-state index contributed by atoms with van der Waals surface area (Å²) in [7, 11) is 0. The van der Waals surface area contributed by atoms with E-state index in [1.165, 1.54) is 0 Å². The number of halogens is 2. The first kappa shape index (κ1) is 25.3. The second-order valence-corrected chi connectivity index (χ2v) is 8.22. The molecule has 0 heterocycles. The number of benzene rings is 1. The maximum absolute atomic E-state index is 12.1. The number of amides is 1. The fraction of sp³-hybridized carbons (Fsp3) is 0.556. The van der Waals surface area contributed by atoms with E-state index in [4.69, 9.17) is 11.6 Å². The van der Waals surface area contributed by atoms with Crippen molar-refractivity contribution in [1.29, 1.82) is 0 Å². The fourth-order valence-electron chi connectivity index (χ4n) is 1.93. The van der Waals surface area contributed by atoms with Gasteiger partial charge in [-0.3, -0.25) is 9.79 Å². The molecule has 0 spiro atoms. The summed E-state index contributed by atoms with van der Waals surface area (Å²) in [6.45, 7) is 10.2. The largest absolute Gasteiger partial charge is 0.357 e. The molecule has 0 fully saturated rings. The molecule has 0 aliphatic heterocycles. The van der Waals surface area contributed by atoms with Crippen molar-refractivity contribution in [1.82, 2.24) is 10.6 Å². The minimum atomic E-state index is -0.0573. The number of nitrogens with one attached hydrogen (secondary N) is 3. The van der Waals surface area contributed by atoms with Crippen LogP contribution in [-0.4, -0.2) is 42.5 Å². The van der Waals surface area contributed by atoms with Crippen molar-refractivity contribution in [3.05, 3.63) is 28.8 Å².